The van der Waals surface area contributed by atoms with Crippen LogP contribution in [0.25, 0.3) is 5.69 Å². The lowest BCUT2D eigenvalue weighted by Gasteiger charge is -2.31. The number of amides is 1. The molecule has 0 unspecified atom stereocenters. The fraction of sp³-hybridized carbons (Fsp3) is 0.500. The van der Waals surface area contributed by atoms with Crippen LogP contribution in [-0.2, 0) is 4.79 Å². The normalized spacial score (nSPS) is 15.7. The van der Waals surface area contributed by atoms with Crippen molar-refractivity contribution in [3.63, 3.8) is 0 Å². The van der Waals surface area contributed by atoms with Crippen molar-refractivity contribution in [3.05, 3.63) is 23.8 Å². The van der Waals surface area contributed by atoms with Crippen LogP contribution in [0.2, 0.25) is 0 Å². The van der Waals surface area contributed by atoms with Crippen LogP contribution in [-0.4, -0.2) is 44.5 Å². The molecule has 142 valence electrons. The third kappa shape index (κ3) is 4.39. The molecule has 9 heteroatoms. The summed E-state index contributed by atoms with van der Waals surface area (Å²) in [6.45, 7) is 1.97. The number of aromatic nitrogens is 4. The van der Waals surface area contributed by atoms with Gasteiger partial charge in [-0.1, -0.05) is 37.1 Å². The number of nitrogens with zero attached hydrogens (tertiary/aromatic N) is 5. The molecule has 8 nitrogen and oxygen atoms in total. The van der Waals surface area contributed by atoms with Crippen molar-refractivity contribution in [1.82, 2.24) is 25.5 Å². The lowest BCUT2D eigenvalue weighted by atomic mass is 9.83. The predicted molar refractivity (Wildman–Crippen MR) is 101 cm³/mol. The number of benzene rings is 1. The number of thioether (sulfide) groups is 1. The highest BCUT2D eigenvalue weighted by atomic mass is 32.2. The molecule has 1 heterocycles. The van der Waals surface area contributed by atoms with Crippen molar-refractivity contribution in [2.24, 2.45) is 0 Å². The zero-order chi connectivity index (χ0) is 19.3. The topological polar surface area (TPSA) is 106 Å². The summed E-state index contributed by atoms with van der Waals surface area (Å²) in [5, 5.41) is 24.7. The SMILES string of the molecule is COc1ccc(C)cc1-n1nnnc1SCC(=O)NC1(C#N)CCCCC1. The Kier molecular flexibility index (Phi) is 5.96. The van der Waals surface area contributed by atoms with E-state index in [1.54, 1.807) is 11.8 Å². The van der Waals surface area contributed by atoms with Crippen molar-refractivity contribution < 1.29 is 9.53 Å². The predicted octanol–water partition coefficient (Wildman–Crippen LogP) is 2.41. The maximum Gasteiger partial charge on any atom is 0.231 e. The number of rotatable bonds is 6. The molecule has 27 heavy (non-hydrogen) atoms. The summed E-state index contributed by atoms with van der Waals surface area (Å²) in [7, 11) is 1.59. The summed E-state index contributed by atoms with van der Waals surface area (Å²) in [6, 6.07) is 8.02. The van der Waals surface area contributed by atoms with Crippen molar-refractivity contribution in [3.8, 4) is 17.5 Å². The average molecular weight is 386 g/mol. The van der Waals surface area contributed by atoms with Gasteiger partial charge in [0.1, 0.15) is 17.0 Å². The Bertz CT molecular complexity index is 854. The summed E-state index contributed by atoms with van der Waals surface area (Å²) in [5.74, 6) is 0.594. The zero-order valence-corrected chi connectivity index (χ0v) is 16.3. The standard InChI is InChI=1S/C18H22N6O2S/c1-13-6-7-15(26-2)14(10-13)24-17(21-22-23-24)27-11-16(25)20-18(12-19)8-4-3-5-9-18/h6-7,10H,3-5,8-9,11H2,1-2H3,(H,20,25). The fourth-order valence-electron chi connectivity index (χ4n) is 3.24. The molecule has 1 aromatic carbocycles. The Hall–Kier alpha value is -2.60. The number of hydrogen-bond donors (Lipinski definition) is 1. The van der Waals surface area contributed by atoms with Crippen molar-refractivity contribution in [2.75, 3.05) is 12.9 Å². The van der Waals surface area contributed by atoms with E-state index < -0.39 is 5.54 Å². The molecule has 0 aliphatic heterocycles. The monoisotopic (exact) mass is 386 g/mol. The highest BCUT2D eigenvalue weighted by Crippen LogP contribution is 2.29. The van der Waals surface area contributed by atoms with Gasteiger partial charge in [0, 0.05) is 0 Å². The van der Waals surface area contributed by atoms with E-state index in [2.05, 4.69) is 26.9 Å². The number of nitrogens with one attached hydrogen (secondary N) is 1. The molecule has 3 rings (SSSR count). The molecule has 1 aromatic heterocycles. The second-order valence-electron chi connectivity index (χ2n) is 6.64. The Morgan fingerprint density at radius 3 is 2.89 bits per heavy atom. The van der Waals surface area contributed by atoms with Crippen LogP contribution >= 0.6 is 11.8 Å². The molecular weight excluding hydrogens is 364 g/mol. The molecule has 2 aromatic rings. The molecule has 0 radical (unpaired) electrons. The first kappa shape index (κ1) is 19.2. The molecule has 1 saturated carbocycles. The van der Waals surface area contributed by atoms with Gasteiger partial charge in [0.2, 0.25) is 11.1 Å². The number of tetrazole rings is 1. The minimum atomic E-state index is -0.735. The van der Waals surface area contributed by atoms with E-state index >= 15 is 0 Å². The van der Waals surface area contributed by atoms with Gasteiger partial charge in [-0.15, -0.1) is 5.10 Å². The summed E-state index contributed by atoms with van der Waals surface area (Å²) < 4.78 is 6.95. The number of hydrogen-bond acceptors (Lipinski definition) is 7. The number of methoxy groups -OCH3 is 1. The van der Waals surface area contributed by atoms with Gasteiger partial charge < -0.3 is 10.1 Å². The van der Waals surface area contributed by atoms with Gasteiger partial charge in [-0.25, -0.2) is 0 Å². The number of aryl methyl sites for hydroxylation is 1. The van der Waals surface area contributed by atoms with Crippen LogP contribution in [0, 0.1) is 18.3 Å². The first-order valence-electron chi connectivity index (χ1n) is 8.85. The number of nitriles is 1. The summed E-state index contributed by atoms with van der Waals surface area (Å²) >= 11 is 1.23. The van der Waals surface area contributed by atoms with Gasteiger partial charge in [0.05, 0.1) is 18.9 Å². The second-order valence-corrected chi connectivity index (χ2v) is 7.58. The third-order valence-corrected chi connectivity index (χ3v) is 5.55. The van der Waals surface area contributed by atoms with Crippen molar-refractivity contribution in [1.29, 1.82) is 5.26 Å². The van der Waals surface area contributed by atoms with Gasteiger partial charge in [-0.05, 0) is 47.9 Å². The van der Waals surface area contributed by atoms with Gasteiger partial charge in [0.25, 0.3) is 0 Å². The lowest BCUT2D eigenvalue weighted by Crippen LogP contribution is -2.49. The Morgan fingerprint density at radius 2 is 2.19 bits per heavy atom. The van der Waals surface area contributed by atoms with Gasteiger partial charge in [-0.2, -0.15) is 9.94 Å². The van der Waals surface area contributed by atoms with E-state index in [9.17, 15) is 10.1 Å². The van der Waals surface area contributed by atoms with Gasteiger partial charge in [0.15, 0.2) is 0 Å². The van der Waals surface area contributed by atoms with Crippen LogP contribution in [0.1, 0.15) is 37.7 Å². The smallest absolute Gasteiger partial charge is 0.231 e. The van der Waals surface area contributed by atoms with E-state index in [1.807, 2.05) is 25.1 Å². The second kappa shape index (κ2) is 8.39. The Morgan fingerprint density at radius 1 is 1.41 bits per heavy atom. The molecule has 1 N–H and O–H groups in total. The number of carbonyl (C=O) groups is 1. The summed E-state index contributed by atoms with van der Waals surface area (Å²) in [4.78, 5) is 12.4. The van der Waals surface area contributed by atoms with Crippen LogP contribution in [0.15, 0.2) is 23.4 Å². The summed E-state index contributed by atoms with van der Waals surface area (Å²) in [5.41, 5.74) is 1.02. The Labute approximate surface area is 162 Å². The minimum Gasteiger partial charge on any atom is -0.494 e. The van der Waals surface area contributed by atoms with E-state index in [0.717, 1.165) is 24.8 Å². The highest BCUT2D eigenvalue weighted by molar-refractivity contribution is 7.99. The number of ether oxygens (including phenoxy) is 1. The van der Waals surface area contributed by atoms with Crippen LogP contribution in [0.5, 0.6) is 5.75 Å². The quantitative estimate of drug-likeness (QED) is 0.760. The summed E-state index contributed by atoms with van der Waals surface area (Å²) in [6.07, 6.45) is 4.45. The molecule has 0 bridgehead atoms. The largest absolute Gasteiger partial charge is 0.494 e. The molecule has 0 spiro atoms. The van der Waals surface area contributed by atoms with Crippen LogP contribution in [0.4, 0.5) is 0 Å². The molecule has 1 aliphatic carbocycles. The maximum atomic E-state index is 12.4. The molecule has 0 saturated heterocycles. The van der Waals surface area contributed by atoms with Gasteiger partial charge in [-0.3, -0.25) is 4.79 Å². The fourth-order valence-corrected chi connectivity index (χ4v) is 3.92. The first-order chi connectivity index (χ1) is 13.1. The maximum absolute atomic E-state index is 12.4. The highest BCUT2D eigenvalue weighted by Gasteiger charge is 2.33. The molecule has 1 aliphatic rings. The van der Waals surface area contributed by atoms with E-state index in [0.29, 0.717) is 29.4 Å². The van der Waals surface area contributed by atoms with E-state index in [-0.39, 0.29) is 11.7 Å². The first-order valence-corrected chi connectivity index (χ1v) is 9.84. The molecule has 1 amide bonds. The molecule has 1 fully saturated rings. The molecule has 0 atom stereocenters. The third-order valence-electron chi connectivity index (χ3n) is 4.64. The van der Waals surface area contributed by atoms with Crippen molar-refractivity contribution >= 4 is 17.7 Å². The van der Waals surface area contributed by atoms with Gasteiger partial charge >= 0.3 is 0 Å². The Balaban J connectivity index is 1.70. The number of carbonyl (C=O) groups excluding carboxylic acids is 1. The zero-order valence-electron chi connectivity index (χ0n) is 15.4. The van der Waals surface area contributed by atoms with Crippen LogP contribution < -0.4 is 10.1 Å². The molecular formula is C18H22N6O2S. The van der Waals surface area contributed by atoms with Crippen molar-refractivity contribution in [2.45, 2.75) is 49.7 Å². The average Bonchev–Trinajstić information content (AvgIpc) is 3.15. The van der Waals surface area contributed by atoms with E-state index in [1.165, 1.54) is 11.8 Å². The van der Waals surface area contributed by atoms with E-state index in [4.69, 9.17) is 4.74 Å². The van der Waals surface area contributed by atoms with Crippen LogP contribution in [0.3, 0.4) is 0 Å². The minimum absolute atomic E-state index is 0.137. The lowest BCUT2D eigenvalue weighted by molar-refractivity contribution is -0.120.